The van der Waals surface area contributed by atoms with Crippen LogP contribution in [-0.4, -0.2) is 35.8 Å². The van der Waals surface area contributed by atoms with E-state index in [2.05, 4.69) is 19.7 Å². The molecule has 2 N–H and O–H groups in total. The van der Waals surface area contributed by atoms with Crippen LogP contribution in [0.2, 0.25) is 0 Å². The number of anilines is 1. The Hall–Kier alpha value is -4.00. The van der Waals surface area contributed by atoms with Gasteiger partial charge in [0.1, 0.15) is 23.5 Å². The Morgan fingerprint density at radius 2 is 1.82 bits per heavy atom. The number of carbonyl (C=O) groups is 1. The zero-order valence-electron chi connectivity index (χ0n) is 16.2. The van der Waals surface area contributed by atoms with Crippen LogP contribution in [-0.2, 0) is 10.0 Å². The Labute approximate surface area is 183 Å². The summed E-state index contributed by atoms with van der Waals surface area (Å²) in [6.45, 7) is -3.10. The number of H-pyrrole nitrogens is 1. The fourth-order valence-corrected chi connectivity index (χ4v) is 4.09. The van der Waals surface area contributed by atoms with Crippen molar-refractivity contribution in [3.8, 4) is 5.75 Å². The fourth-order valence-electron chi connectivity index (χ4n) is 3.03. The summed E-state index contributed by atoms with van der Waals surface area (Å²) < 4.78 is 85.3. The first-order valence-electron chi connectivity index (χ1n) is 9.05. The van der Waals surface area contributed by atoms with Gasteiger partial charge in [-0.05, 0) is 36.4 Å². The molecule has 0 amide bonds. The Kier molecular flexibility index (Phi) is 5.72. The molecule has 2 aromatic heterocycles. The van der Waals surface area contributed by atoms with Gasteiger partial charge in [-0.3, -0.25) is 9.52 Å². The lowest BCUT2D eigenvalue weighted by molar-refractivity contribution is -0.0498. The van der Waals surface area contributed by atoms with E-state index in [4.69, 9.17) is 0 Å². The molecule has 8 nitrogen and oxygen atoms in total. The Bertz CT molecular complexity index is 1460. The number of rotatable bonds is 7. The number of nitrogens with zero attached hydrogens (tertiary/aromatic N) is 2. The molecule has 2 heterocycles. The van der Waals surface area contributed by atoms with Crippen LogP contribution in [0.5, 0.6) is 5.75 Å². The molecule has 0 fully saturated rings. The van der Waals surface area contributed by atoms with Gasteiger partial charge >= 0.3 is 6.61 Å². The van der Waals surface area contributed by atoms with Crippen LogP contribution in [0, 0.1) is 11.6 Å². The summed E-state index contributed by atoms with van der Waals surface area (Å²) >= 11 is 0. The van der Waals surface area contributed by atoms with E-state index >= 15 is 4.39 Å². The first kappa shape index (κ1) is 22.2. The molecule has 0 saturated heterocycles. The lowest BCUT2D eigenvalue weighted by Gasteiger charge is -2.12. The first-order valence-corrected chi connectivity index (χ1v) is 10.5. The number of nitrogens with one attached hydrogen (secondary N) is 2. The SMILES string of the molecule is O=C(c1c(F)ccc(NS(=O)(=O)c2ccc(OC(F)F)cc2)c1F)c1c[nH]c2ncncc12. The maximum atomic E-state index is 15.1. The van der Waals surface area contributed by atoms with Crippen LogP contribution < -0.4 is 9.46 Å². The van der Waals surface area contributed by atoms with Crippen molar-refractivity contribution < 1.29 is 35.5 Å². The Balaban J connectivity index is 1.67. The molecule has 0 aliphatic rings. The van der Waals surface area contributed by atoms with Gasteiger partial charge in [0.2, 0.25) is 5.78 Å². The predicted octanol–water partition coefficient (Wildman–Crippen LogP) is 3.87. The number of aromatic nitrogens is 3. The highest BCUT2D eigenvalue weighted by molar-refractivity contribution is 7.92. The third kappa shape index (κ3) is 4.35. The molecule has 0 aliphatic carbocycles. The summed E-state index contributed by atoms with van der Waals surface area (Å²) in [5.74, 6) is -3.99. The standard InChI is InChI=1S/C20H12F4N4O4S/c21-14-5-6-15(28-33(30,31)11-3-1-10(2-4-11)32-20(23)24)17(22)16(14)18(29)12-8-26-19-13(12)7-25-9-27-19/h1-9,20,28H,(H,25,26,27). The number of hydrogen-bond donors (Lipinski definition) is 2. The van der Waals surface area contributed by atoms with Crippen molar-refractivity contribution in [2.24, 2.45) is 0 Å². The number of halogens is 4. The van der Waals surface area contributed by atoms with E-state index < -0.39 is 50.2 Å². The fraction of sp³-hybridized carbons (Fsp3) is 0.0500. The summed E-state index contributed by atoms with van der Waals surface area (Å²) in [7, 11) is -4.42. The highest BCUT2D eigenvalue weighted by Crippen LogP contribution is 2.28. The van der Waals surface area contributed by atoms with E-state index in [1.54, 1.807) is 0 Å². The second-order valence-electron chi connectivity index (χ2n) is 6.56. The molecule has 13 heteroatoms. The number of ether oxygens (including phenoxy) is 1. The van der Waals surface area contributed by atoms with Crippen molar-refractivity contribution in [2.45, 2.75) is 11.5 Å². The predicted molar refractivity (Wildman–Crippen MR) is 108 cm³/mol. The molecule has 4 rings (SSSR count). The minimum atomic E-state index is -4.42. The van der Waals surface area contributed by atoms with Gasteiger partial charge in [0.05, 0.1) is 21.7 Å². The number of sulfonamides is 1. The highest BCUT2D eigenvalue weighted by Gasteiger charge is 2.26. The van der Waals surface area contributed by atoms with Gasteiger partial charge in [0.15, 0.2) is 5.82 Å². The van der Waals surface area contributed by atoms with Gasteiger partial charge in [-0.25, -0.2) is 27.2 Å². The van der Waals surface area contributed by atoms with Gasteiger partial charge in [-0.2, -0.15) is 8.78 Å². The van der Waals surface area contributed by atoms with Crippen molar-refractivity contribution in [1.82, 2.24) is 15.0 Å². The smallest absolute Gasteiger partial charge is 0.387 e. The monoisotopic (exact) mass is 480 g/mol. The third-order valence-corrected chi connectivity index (χ3v) is 5.90. The number of carbonyl (C=O) groups excluding carboxylic acids is 1. The van der Waals surface area contributed by atoms with Crippen LogP contribution >= 0.6 is 0 Å². The van der Waals surface area contributed by atoms with E-state index in [9.17, 15) is 26.4 Å². The molecule has 4 aromatic rings. The number of ketones is 1. The molecule has 0 unspecified atom stereocenters. The quantitative estimate of drug-likeness (QED) is 0.307. The molecule has 2 aromatic carbocycles. The molecule has 0 radical (unpaired) electrons. The van der Waals surface area contributed by atoms with E-state index in [0.29, 0.717) is 0 Å². The van der Waals surface area contributed by atoms with Gasteiger partial charge in [-0.15, -0.1) is 0 Å². The van der Waals surface area contributed by atoms with Crippen LogP contribution in [0.25, 0.3) is 11.0 Å². The zero-order valence-corrected chi connectivity index (χ0v) is 17.0. The van der Waals surface area contributed by atoms with Crippen LogP contribution in [0.15, 0.2) is 60.0 Å². The minimum Gasteiger partial charge on any atom is -0.435 e. The van der Waals surface area contributed by atoms with Crippen molar-refractivity contribution in [3.05, 3.63) is 77.9 Å². The molecule has 0 spiro atoms. The summed E-state index contributed by atoms with van der Waals surface area (Å²) in [5.41, 5.74) is -1.52. The van der Waals surface area contributed by atoms with E-state index in [0.717, 1.165) is 36.4 Å². The Morgan fingerprint density at radius 1 is 1.09 bits per heavy atom. The maximum absolute atomic E-state index is 15.1. The molecule has 0 aliphatic heterocycles. The molecule has 33 heavy (non-hydrogen) atoms. The molecule has 0 bridgehead atoms. The summed E-state index contributed by atoms with van der Waals surface area (Å²) in [5, 5.41) is 0.221. The van der Waals surface area contributed by atoms with Crippen LogP contribution in [0.3, 0.4) is 0 Å². The van der Waals surface area contributed by atoms with E-state index in [-0.39, 0.29) is 22.3 Å². The average molecular weight is 480 g/mol. The first-order chi connectivity index (χ1) is 15.7. The van der Waals surface area contributed by atoms with Crippen molar-refractivity contribution in [1.29, 1.82) is 0 Å². The molecular formula is C20H12F4N4O4S. The zero-order chi connectivity index (χ0) is 23.8. The number of benzene rings is 2. The van der Waals surface area contributed by atoms with E-state index in [1.807, 2.05) is 4.72 Å². The van der Waals surface area contributed by atoms with Crippen molar-refractivity contribution in [3.63, 3.8) is 0 Å². The van der Waals surface area contributed by atoms with Gasteiger partial charge in [0.25, 0.3) is 10.0 Å². The number of hydrogen-bond acceptors (Lipinski definition) is 6. The molecule has 0 atom stereocenters. The van der Waals surface area contributed by atoms with Gasteiger partial charge in [-0.1, -0.05) is 0 Å². The maximum Gasteiger partial charge on any atom is 0.387 e. The summed E-state index contributed by atoms with van der Waals surface area (Å²) in [4.78, 5) is 22.8. The molecule has 0 saturated carbocycles. The van der Waals surface area contributed by atoms with Gasteiger partial charge < -0.3 is 9.72 Å². The summed E-state index contributed by atoms with van der Waals surface area (Å²) in [6.07, 6.45) is 3.71. The van der Waals surface area contributed by atoms with Crippen LogP contribution in [0.4, 0.5) is 23.2 Å². The number of fused-ring (bicyclic) bond motifs is 1. The largest absolute Gasteiger partial charge is 0.435 e. The highest BCUT2D eigenvalue weighted by atomic mass is 32.2. The lowest BCUT2D eigenvalue weighted by Crippen LogP contribution is -2.16. The minimum absolute atomic E-state index is 0.113. The third-order valence-electron chi connectivity index (χ3n) is 4.52. The number of alkyl halides is 2. The van der Waals surface area contributed by atoms with E-state index in [1.165, 1.54) is 18.7 Å². The van der Waals surface area contributed by atoms with Crippen molar-refractivity contribution >= 4 is 32.5 Å². The van der Waals surface area contributed by atoms with Crippen LogP contribution in [0.1, 0.15) is 15.9 Å². The average Bonchev–Trinajstić information content (AvgIpc) is 3.20. The second kappa shape index (κ2) is 8.50. The number of aromatic amines is 1. The second-order valence-corrected chi connectivity index (χ2v) is 8.24. The van der Waals surface area contributed by atoms with Crippen molar-refractivity contribution in [2.75, 3.05) is 4.72 Å². The normalized spacial score (nSPS) is 11.7. The molecule has 170 valence electrons. The lowest BCUT2D eigenvalue weighted by atomic mass is 10.0. The van der Waals surface area contributed by atoms with Gasteiger partial charge in [0, 0.05) is 17.8 Å². The summed E-state index contributed by atoms with van der Waals surface area (Å²) in [6, 6.07) is 5.43. The topological polar surface area (TPSA) is 114 Å². The Morgan fingerprint density at radius 3 is 2.52 bits per heavy atom. The molecular weight excluding hydrogens is 468 g/mol.